The minimum Gasteiger partial charge on any atom is -0.458 e. The van der Waals surface area contributed by atoms with Gasteiger partial charge in [0.1, 0.15) is 11.2 Å². The molecule has 1 heterocycles. The molecule has 1 atom stereocenters. The molecule has 1 aromatic carbocycles. The predicted octanol–water partition coefficient (Wildman–Crippen LogP) is 3.80. The summed E-state index contributed by atoms with van der Waals surface area (Å²) in [6.45, 7) is 18.2. The number of carbonyl (C=O) groups excluding carboxylic acids is 3. The molecule has 2 amide bonds. The maximum absolute atomic E-state index is 13.3. The first-order chi connectivity index (χ1) is 17.4. The van der Waals surface area contributed by atoms with Gasteiger partial charge in [0.2, 0.25) is 0 Å². The molecule has 0 aliphatic carbocycles. The molecule has 2 rings (SSSR count). The number of esters is 1. The van der Waals surface area contributed by atoms with Gasteiger partial charge < -0.3 is 29.3 Å². The standard InChI is InChI=1S/C27H44N4O7/c1-25(2,3)36-17-21(23(33)37-26(4,5)6)28-22(32)19-16-18(10-11-20(19)29-35)30-12-14-31(15-13-30)24(34)38-27(7,8)9/h10-11,16,21,29,35H,12-15,17H2,1-9H3,(H,28,32). The second-order valence-corrected chi connectivity index (χ2v) is 12.3. The summed E-state index contributed by atoms with van der Waals surface area (Å²) in [4.78, 5) is 42.3. The number of rotatable bonds is 7. The second kappa shape index (κ2) is 12.2. The van der Waals surface area contributed by atoms with Crippen LogP contribution in [-0.2, 0) is 19.0 Å². The van der Waals surface area contributed by atoms with Gasteiger partial charge in [0, 0.05) is 31.9 Å². The lowest BCUT2D eigenvalue weighted by molar-refractivity contribution is -0.160. The van der Waals surface area contributed by atoms with Crippen molar-refractivity contribution in [3.05, 3.63) is 23.8 Å². The number of amides is 2. The Hall–Kier alpha value is -3.05. The first kappa shape index (κ1) is 31.2. The topological polar surface area (TPSA) is 130 Å². The molecule has 1 aliphatic rings. The third-order valence-corrected chi connectivity index (χ3v) is 5.34. The van der Waals surface area contributed by atoms with Gasteiger partial charge in [0.15, 0.2) is 6.04 Å². The Morgan fingerprint density at radius 1 is 0.895 bits per heavy atom. The quantitative estimate of drug-likeness (QED) is 0.352. The van der Waals surface area contributed by atoms with E-state index in [0.717, 1.165) is 5.69 Å². The fourth-order valence-corrected chi connectivity index (χ4v) is 3.60. The summed E-state index contributed by atoms with van der Waals surface area (Å²) in [5.74, 6) is -1.20. The fourth-order valence-electron chi connectivity index (χ4n) is 3.60. The van der Waals surface area contributed by atoms with Crippen LogP contribution in [0.4, 0.5) is 16.2 Å². The minimum atomic E-state index is -1.06. The number of anilines is 2. The number of nitrogens with one attached hydrogen (secondary N) is 2. The van der Waals surface area contributed by atoms with Gasteiger partial charge in [-0.25, -0.2) is 9.59 Å². The molecule has 11 heteroatoms. The molecule has 1 aromatic rings. The Morgan fingerprint density at radius 3 is 1.97 bits per heavy atom. The molecule has 11 nitrogen and oxygen atoms in total. The Balaban J connectivity index is 2.19. The van der Waals surface area contributed by atoms with Crippen LogP contribution in [0.15, 0.2) is 18.2 Å². The summed E-state index contributed by atoms with van der Waals surface area (Å²) in [6, 6.07) is 3.92. The van der Waals surface area contributed by atoms with Gasteiger partial charge in [-0.1, -0.05) is 0 Å². The number of ether oxygens (including phenoxy) is 3. The third-order valence-electron chi connectivity index (χ3n) is 5.34. The van der Waals surface area contributed by atoms with Crippen LogP contribution in [0.1, 0.15) is 72.7 Å². The zero-order valence-electron chi connectivity index (χ0n) is 24.1. The maximum atomic E-state index is 13.3. The van der Waals surface area contributed by atoms with Crippen LogP contribution in [0.25, 0.3) is 0 Å². The molecular formula is C27H44N4O7. The van der Waals surface area contributed by atoms with E-state index in [0.29, 0.717) is 26.2 Å². The molecule has 1 fully saturated rings. The van der Waals surface area contributed by atoms with Crippen LogP contribution >= 0.6 is 0 Å². The minimum absolute atomic E-state index is 0.0850. The fraction of sp³-hybridized carbons (Fsp3) is 0.667. The third kappa shape index (κ3) is 10.0. The highest BCUT2D eigenvalue weighted by Crippen LogP contribution is 2.25. The van der Waals surface area contributed by atoms with Crippen molar-refractivity contribution in [2.24, 2.45) is 0 Å². The SMILES string of the molecule is CC(C)(C)OCC(NC(=O)c1cc(N2CCN(C(=O)OC(C)(C)C)CC2)ccc1NO)C(=O)OC(C)(C)C. The van der Waals surface area contributed by atoms with Gasteiger partial charge in [-0.2, -0.15) is 0 Å². The number of hydrogen-bond donors (Lipinski definition) is 3. The zero-order chi connectivity index (χ0) is 28.9. The number of piperazine rings is 1. The van der Waals surface area contributed by atoms with Crippen LogP contribution in [0.3, 0.4) is 0 Å². The molecule has 0 bridgehead atoms. The van der Waals surface area contributed by atoms with E-state index in [1.807, 2.05) is 46.4 Å². The van der Waals surface area contributed by atoms with Crippen molar-refractivity contribution in [1.29, 1.82) is 0 Å². The molecule has 1 unspecified atom stereocenters. The van der Waals surface area contributed by atoms with E-state index in [9.17, 15) is 19.6 Å². The van der Waals surface area contributed by atoms with Crippen molar-refractivity contribution in [3.8, 4) is 0 Å². The van der Waals surface area contributed by atoms with Gasteiger partial charge >= 0.3 is 12.1 Å². The molecule has 0 radical (unpaired) electrons. The van der Waals surface area contributed by atoms with Gasteiger partial charge in [-0.15, -0.1) is 0 Å². The first-order valence-electron chi connectivity index (χ1n) is 12.8. The van der Waals surface area contributed by atoms with Crippen molar-refractivity contribution >= 4 is 29.3 Å². The van der Waals surface area contributed by atoms with Gasteiger partial charge in [-0.05, 0) is 80.5 Å². The van der Waals surface area contributed by atoms with E-state index >= 15 is 0 Å². The van der Waals surface area contributed by atoms with Crippen molar-refractivity contribution < 1.29 is 33.8 Å². The summed E-state index contributed by atoms with van der Waals surface area (Å²) in [5, 5.41) is 12.3. The summed E-state index contributed by atoms with van der Waals surface area (Å²) < 4.78 is 16.7. The molecule has 214 valence electrons. The molecule has 0 aromatic heterocycles. The lowest BCUT2D eigenvalue weighted by Gasteiger charge is -2.37. The summed E-state index contributed by atoms with van der Waals surface area (Å²) in [5.41, 5.74) is 1.25. The molecule has 1 aliphatic heterocycles. The maximum Gasteiger partial charge on any atom is 0.410 e. The highest BCUT2D eigenvalue weighted by molar-refractivity contribution is 6.02. The lowest BCUT2D eigenvalue weighted by atomic mass is 10.1. The Labute approximate surface area is 225 Å². The number of carbonyl (C=O) groups is 3. The largest absolute Gasteiger partial charge is 0.458 e. The highest BCUT2D eigenvalue weighted by Gasteiger charge is 2.30. The van der Waals surface area contributed by atoms with E-state index in [4.69, 9.17) is 14.2 Å². The Morgan fingerprint density at radius 2 is 1.47 bits per heavy atom. The summed E-state index contributed by atoms with van der Waals surface area (Å²) in [6.07, 6.45) is -0.359. The first-order valence-corrected chi connectivity index (χ1v) is 12.8. The van der Waals surface area contributed by atoms with Crippen molar-refractivity contribution in [3.63, 3.8) is 0 Å². The predicted molar refractivity (Wildman–Crippen MR) is 145 cm³/mol. The number of nitrogens with zero attached hydrogens (tertiary/aromatic N) is 2. The van der Waals surface area contributed by atoms with E-state index in [1.54, 1.807) is 43.9 Å². The summed E-state index contributed by atoms with van der Waals surface area (Å²) in [7, 11) is 0. The van der Waals surface area contributed by atoms with Crippen molar-refractivity contribution in [1.82, 2.24) is 10.2 Å². The van der Waals surface area contributed by atoms with Crippen molar-refractivity contribution in [2.45, 2.75) is 85.2 Å². The molecule has 0 spiro atoms. The smallest absolute Gasteiger partial charge is 0.410 e. The average molecular weight is 537 g/mol. The molecule has 0 saturated carbocycles. The Bertz CT molecular complexity index is 985. The monoisotopic (exact) mass is 536 g/mol. The van der Waals surface area contributed by atoms with Gasteiger partial charge in [0.25, 0.3) is 5.91 Å². The van der Waals surface area contributed by atoms with Gasteiger partial charge in [-0.3, -0.25) is 15.5 Å². The Kier molecular flexibility index (Phi) is 10.0. The van der Waals surface area contributed by atoms with E-state index < -0.39 is 34.7 Å². The van der Waals surface area contributed by atoms with Crippen LogP contribution < -0.4 is 15.7 Å². The molecule has 38 heavy (non-hydrogen) atoms. The second-order valence-electron chi connectivity index (χ2n) is 12.3. The molecule has 1 saturated heterocycles. The van der Waals surface area contributed by atoms with E-state index in [-0.39, 0.29) is 24.0 Å². The number of benzene rings is 1. The molecular weight excluding hydrogens is 492 g/mol. The van der Waals surface area contributed by atoms with E-state index in [2.05, 4.69) is 10.8 Å². The van der Waals surface area contributed by atoms with Crippen molar-refractivity contribution in [2.75, 3.05) is 43.2 Å². The van der Waals surface area contributed by atoms with Crippen LogP contribution in [-0.4, -0.2) is 83.7 Å². The van der Waals surface area contributed by atoms with Crippen LogP contribution in [0.5, 0.6) is 0 Å². The normalized spacial score (nSPS) is 15.5. The summed E-state index contributed by atoms with van der Waals surface area (Å²) >= 11 is 0. The van der Waals surface area contributed by atoms with Crippen LogP contribution in [0.2, 0.25) is 0 Å². The number of hydrogen-bond acceptors (Lipinski definition) is 9. The van der Waals surface area contributed by atoms with Gasteiger partial charge in [0.05, 0.1) is 23.5 Å². The zero-order valence-corrected chi connectivity index (χ0v) is 24.1. The van der Waals surface area contributed by atoms with Crippen LogP contribution in [0, 0.1) is 0 Å². The lowest BCUT2D eigenvalue weighted by Crippen LogP contribution is -2.50. The average Bonchev–Trinajstić information content (AvgIpc) is 2.78. The van der Waals surface area contributed by atoms with E-state index in [1.165, 1.54) is 0 Å². The highest BCUT2D eigenvalue weighted by atomic mass is 16.6. The molecule has 3 N–H and O–H groups in total.